The third-order valence-corrected chi connectivity index (χ3v) is 3.65. The van der Waals surface area contributed by atoms with Crippen LogP contribution in [-0.2, 0) is 19.8 Å². The molecule has 0 amide bonds. The van der Waals surface area contributed by atoms with Crippen molar-refractivity contribution in [2.45, 2.75) is 45.8 Å². The summed E-state index contributed by atoms with van der Waals surface area (Å²) in [6.07, 6.45) is 0. The predicted octanol–water partition coefficient (Wildman–Crippen LogP) is 2.98. The molecule has 5 heteroatoms. The summed E-state index contributed by atoms with van der Waals surface area (Å²) < 4.78 is 10.5. The SMILES string of the molecule is CCOC(=O)C(C)(c1ccc(C(=O)OC(C)(C)C)cc1)N(C)C. The fourth-order valence-electron chi connectivity index (χ4n) is 2.10. The Morgan fingerprint density at radius 3 is 1.96 bits per heavy atom. The predicted molar refractivity (Wildman–Crippen MR) is 89.3 cm³/mol. The van der Waals surface area contributed by atoms with E-state index in [2.05, 4.69) is 0 Å². The van der Waals surface area contributed by atoms with Crippen molar-refractivity contribution < 1.29 is 19.1 Å². The molecule has 0 aromatic heterocycles. The summed E-state index contributed by atoms with van der Waals surface area (Å²) in [5, 5.41) is 0. The Kier molecular flexibility index (Phi) is 5.94. The van der Waals surface area contributed by atoms with E-state index < -0.39 is 11.1 Å². The maximum atomic E-state index is 12.4. The van der Waals surface area contributed by atoms with Crippen molar-refractivity contribution in [2.75, 3.05) is 20.7 Å². The van der Waals surface area contributed by atoms with Crippen molar-refractivity contribution in [1.82, 2.24) is 4.90 Å². The van der Waals surface area contributed by atoms with Gasteiger partial charge in [0.05, 0.1) is 12.2 Å². The minimum absolute atomic E-state index is 0.318. The van der Waals surface area contributed by atoms with Gasteiger partial charge in [-0.2, -0.15) is 0 Å². The van der Waals surface area contributed by atoms with E-state index in [0.717, 1.165) is 5.56 Å². The Morgan fingerprint density at radius 2 is 1.57 bits per heavy atom. The first-order valence-electron chi connectivity index (χ1n) is 7.71. The van der Waals surface area contributed by atoms with Gasteiger partial charge >= 0.3 is 11.9 Å². The number of nitrogens with zero attached hydrogens (tertiary/aromatic N) is 1. The molecule has 128 valence electrons. The lowest BCUT2D eigenvalue weighted by atomic mass is 9.90. The van der Waals surface area contributed by atoms with Crippen LogP contribution in [-0.4, -0.2) is 43.1 Å². The average molecular weight is 321 g/mol. The molecule has 0 radical (unpaired) electrons. The first-order chi connectivity index (χ1) is 10.5. The Labute approximate surface area is 138 Å². The molecule has 0 saturated carbocycles. The van der Waals surface area contributed by atoms with Gasteiger partial charge in [0.25, 0.3) is 0 Å². The van der Waals surface area contributed by atoms with E-state index in [4.69, 9.17) is 9.47 Å². The van der Waals surface area contributed by atoms with Crippen LogP contribution in [0.1, 0.15) is 50.5 Å². The van der Waals surface area contributed by atoms with Gasteiger partial charge in [-0.05, 0) is 66.4 Å². The Morgan fingerprint density at radius 1 is 1.04 bits per heavy atom. The van der Waals surface area contributed by atoms with Crippen molar-refractivity contribution in [3.05, 3.63) is 35.4 Å². The molecule has 0 heterocycles. The summed E-state index contributed by atoms with van der Waals surface area (Å²) in [5.41, 5.74) is -0.247. The van der Waals surface area contributed by atoms with Crippen LogP contribution in [0.25, 0.3) is 0 Å². The number of ether oxygens (including phenoxy) is 2. The molecule has 0 aliphatic carbocycles. The third kappa shape index (κ3) is 4.55. The van der Waals surface area contributed by atoms with Crippen molar-refractivity contribution in [3.8, 4) is 0 Å². The van der Waals surface area contributed by atoms with Crippen LogP contribution >= 0.6 is 0 Å². The summed E-state index contributed by atoms with van der Waals surface area (Å²) in [4.78, 5) is 26.2. The number of hydrogen-bond donors (Lipinski definition) is 0. The number of hydrogen-bond acceptors (Lipinski definition) is 5. The van der Waals surface area contributed by atoms with Gasteiger partial charge in [-0.3, -0.25) is 4.90 Å². The number of rotatable bonds is 5. The molecule has 1 unspecified atom stereocenters. The maximum Gasteiger partial charge on any atom is 0.338 e. The van der Waals surface area contributed by atoms with Gasteiger partial charge in [0.1, 0.15) is 11.1 Å². The molecule has 1 rings (SSSR count). The molecule has 0 fully saturated rings. The second-order valence-electron chi connectivity index (χ2n) is 6.77. The first kappa shape index (κ1) is 19.2. The Bertz CT molecular complexity index is 557. The number of likely N-dealkylation sites (N-methyl/N-ethyl adjacent to an activating group) is 1. The van der Waals surface area contributed by atoms with Crippen molar-refractivity contribution >= 4 is 11.9 Å². The van der Waals surface area contributed by atoms with E-state index in [1.165, 1.54) is 0 Å². The number of carbonyl (C=O) groups excluding carboxylic acids is 2. The van der Waals surface area contributed by atoms with E-state index in [1.807, 2.05) is 34.9 Å². The minimum Gasteiger partial charge on any atom is -0.464 e. The third-order valence-electron chi connectivity index (χ3n) is 3.65. The van der Waals surface area contributed by atoms with Gasteiger partial charge in [0.15, 0.2) is 0 Å². The molecule has 0 aliphatic rings. The lowest BCUT2D eigenvalue weighted by molar-refractivity contribution is -0.156. The molecule has 5 nitrogen and oxygen atoms in total. The standard InChI is InChI=1S/C18H27NO4/c1-8-22-16(21)18(5,19(6)7)14-11-9-13(10-12-14)15(20)23-17(2,3)4/h9-12H,8H2,1-7H3. The van der Waals surface area contributed by atoms with Gasteiger partial charge in [-0.25, -0.2) is 9.59 Å². The monoisotopic (exact) mass is 321 g/mol. The van der Waals surface area contributed by atoms with Crippen molar-refractivity contribution in [2.24, 2.45) is 0 Å². The zero-order chi connectivity index (χ0) is 17.8. The molecule has 1 aromatic carbocycles. The molecule has 0 spiro atoms. The van der Waals surface area contributed by atoms with Crippen LogP contribution in [0.4, 0.5) is 0 Å². The van der Waals surface area contributed by atoms with Gasteiger partial charge < -0.3 is 9.47 Å². The van der Waals surface area contributed by atoms with E-state index in [1.54, 1.807) is 43.0 Å². The topological polar surface area (TPSA) is 55.8 Å². The highest BCUT2D eigenvalue weighted by Crippen LogP contribution is 2.28. The maximum absolute atomic E-state index is 12.4. The molecule has 1 aromatic rings. The second-order valence-corrected chi connectivity index (χ2v) is 6.77. The van der Waals surface area contributed by atoms with Crippen LogP contribution in [0.5, 0.6) is 0 Å². The molecule has 1 atom stereocenters. The lowest BCUT2D eigenvalue weighted by Gasteiger charge is -2.34. The molecule has 0 aliphatic heterocycles. The Hall–Kier alpha value is -1.88. The van der Waals surface area contributed by atoms with Crippen LogP contribution in [0, 0.1) is 0 Å². The van der Waals surface area contributed by atoms with Crippen LogP contribution in [0.2, 0.25) is 0 Å². The molecular formula is C18H27NO4. The number of carbonyl (C=O) groups is 2. The van der Waals surface area contributed by atoms with Crippen LogP contribution in [0.3, 0.4) is 0 Å². The molecule has 0 saturated heterocycles. The van der Waals surface area contributed by atoms with Gasteiger partial charge in [-0.15, -0.1) is 0 Å². The minimum atomic E-state index is -0.914. The Balaban J connectivity index is 3.10. The highest BCUT2D eigenvalue weighted by atomic mass is 16.6. The van der Waals surface area contributed by atoms with Gasteiger partial charge in [0, 0.05) is 0 Å². The summed E-state index contributed by atoms with van der Waals surface area (Å²) in [6.45, 7) is 9.36. The van der Waals surface area contributed by atoms with Crippen LogP contribution < -0.4 is 0 Å². The van der Waals surface area contributed by atoms with Gasteiger partial charge in [-0.1, -0.05) is 12.1 Å². The zero-order valence-electron chi connectivity index (χ0n) is 15.1. The second kappa shape index (κ2) is 7.13. The van der Waals surface area contributed by atoms with Crippen LogP contribution in [0.15, 0.2) is 24.3 Å². The van der Waals surface area contributed by atoms with Crippen molar-refractivity contribution in [1.29, 1.82) is 0 Å². The number of esters is 2. The molecule has 0 N–H and O–H groups in total. The van der Waals surface area contributed by atoms with E-state index in [0.29, 0.717) is 12.2 Å². The fourth-order valence-corrected chi connectivity index (χ4v) is 2.10. The van der Waals surface area contributed by atoms with E-state index >= 15 is 0 Å². The lowest BCUT2D eigenvalue weighted by Crippen LogP contribution is -2.46. The number of benzene rings is 1. The summed E-state index contributed by atoms with van der Waals surface area (Å²) >= 11 is 0. The van der Waals surface area contributed by atoms with E-state index in [9.17, 15) is 9.59 Å². The first-order valence-corrected chi connectivity index (χ1v) is 7.71. The summed E-state index contributed by atoms with van der Waals surface area (Å²) in [5.74, 6) is -0.707. The highest BCUT2D eigenvalue weighted by molar-refractivity contribution is 5.90. The largest absolute Gasteiger partial charge is 0.464 e. The highest BCUT2D eigenvalue weighted by Gasteiger charge is 2.39. The van der Waals surface area contributed by atoms with Crippen molar-refractivity contribution in [3.63, 3.8) is 0 Å². The quantitative estimate of drug-likeness (QED) is 0.780. The summed E-state index contributed by atoms with van der Waals surface area (Å²) in [7, 11) is 3.64. The van der Waals surface area contributed by atoms with Gasteiger partial charge in [0.2, 0.25) is 0 Å². The zero-order valence-corrected chi connectivity index (χ0v) is 15.1. The molecule has 0 bridgehead atoms. The summed E-state index contributed by atoms with van der Waals surface area (Å²) in [6, 6.07) is 6.86. The van der Waals surface area contributed by atoms with E-state index in [-0.39, 0.29) is 11.9 Å². The molecular weight excluding hydrogens is 294 g/mol. The fraction of sp³-hybridized carbons (Fsp3) is 0.556. The smallest absolute Gasteiger partial charge is 0.338 e. The normalized spacial score (nSPS) is 14.3. The molecule has 23 heavy (non-hydrogen) atoms. The average Bonchev–Trinajstić information content (AvgIpc) is 2.44.